The van der Waals surface area contributed by atoms with Gasteiger partial charge < -0.3 is 5.32 Å². The molecule has 102 valence electrons. The Kier molecular flexibility index (Phi) is 4.78. The third-order valence-electron chi connectivity index (χ3n) is 4.03. The van der Waals surface area contributed by atoms with Crippen molar-refractivity contribution in [1.82, 2.24) is 20.0 Å². The van der Waals surface area contributed by atoms with Gasteiger partial charge in [0.1, 0.15) is 0 Å². The molecule has 1 saturated heterocycles. The normalized spacial score (nSPS) is 20.2. The van der Waals surface area contributed by atoms with Gasteiger partial charge in [0.25, 0.3) is 0 Å². The summed E-state index contributed by atoms with van der Waals surface area (Å²) >= 11 is 0. The number of nitrogens with zero attached hydrogens (tertiary/aromatic N) is 3. The lowest BCUT2D eigenvalue weighted by Gasteiger charge is -2.34. The van der Waals surface area contributed by atoms with Crippen molar-refractivity contribution in [3.63, 3.8) is 0 Å². The average molecular weight is 250 g/mol. The molecule has 1 unspecified atom stereocenters. The molecular weight excluding hydrogens is 224 g/mol. The van der Waals surface area contributed by atoms with Crippen LogP contribution in [0.3, 0.4) is 0 Å². The van der Waals surface area contributed by atoms with Gasteiger partial charge in [0.2, 0.25) is 0 Å². The molecule has 0 saturated carbocycles. The summed E-state index contributed by atoms with van der Waals surface area (Å²) in [6.45, 7) is 9.08. The maximum absolute atomic E-state index is 4.23. The quantitative estimate of drug-likeness (QED) is 0.862. The van der Waals surface area contributed by atoms with Gasteiger partial charge in [-0.3, -0.25) is 9.58 Å². The second-order valence-corrected chi connectivity index (χ2v) is 5.48. The van der Waals surface area contributed by atoms with Gasteiger partial charge in [-0.1, -0.05) is 6.92 Å². The van der Waals surface area contributed by atoms with Crippen molar-refractivity contribution < 1.29 is 0 Å². The van der Waals surface area contributed by atoms with Gasteiger partial charge in [-0.15, -0.1) is 0 Å². The Morgan fingerprint density at radius 1 is 1.44 bits per heavy atom. The van der Waals surface area contributed by atoms with Crippen molar-refractivity contribution in [2.45, 2.75) is 39.3 Å². The molecule has 1 aromatic rings. The highest BCUT2D eigenvalue weighted by Gasteiger charge is 2.23. The average Bonchev–Trinajstić information content (AvgIpc) is 2.76. The fourth-order valence-electron chi connectivity index (χ4n) is 2.91. The first-order valence-corrected chi connectivity index (χ1v) is 7.12. The Hall–Kier alpha value is -0.870. The molecule has 1 fully saturated rings. The molecule has 0 spiro atoms. The Labute approximate surface area is 110 Å². The van der Waals surface area contributed by atoms with Crippen molar-refractivity contribution in [2.24, 2.45) is 13.0 Å². The van der Waals surface area contributed by atoms with Gasteiger partial charge in [0.15, 0.2) is 0 Å². The van der Waals surface area contributed by atoms with Crippen LogP contribution >= 0.6 is 0 Å². The van der Waals surface area contributed by atoms with E-state index in [4.69, 9.17) is 0 Å². The molecule has 4 heteroatoms. The molecule has 0 amide bonds. The van der Waals surface area contributed by atoms with E-state index in [1.807, 2.05) is 17.9 Å². The summed E-state index contributed by atoms with van der Waals surface area (Å²) in [5.74, 6) is 0.843. The van der Waals surface area contributed by atoms with E-state index in [-0.39, 0.29) is 0 Å². The molecule has 1 aromatic heterocycles. The van der Waals surface area contributed by atoms with Crippen molar-refractivity contribution >= 4 is 0 Å². The van der Waals surface area contributed by atoms with Crippen LogP contribution in [0.1, 0.15) is 32.3 Å². The Bertz CT molecular complexity index is 352. The zero-order valence-corrected chi connectivity index (χ0v) is 11.9. The summed E-state index contributed by atoms with van der Waals surface area (Å²) in [5, 5.41) is 7.78. The van der Waals surface area contributed by atoms with Crippen LogP contribution in [0.2, 0.25) is 0 Å². The molecule has 1 aliphatic heterocycles. The van der Waals surface area contributed by atoms with E-state index in [9.17, 15) is 0 Å². The highest BCUT2D eigenvalue weighted by Crippen LogP contribution is 2.21. The number of piperidine rings is 1. The van der Waals surface area contributed by atoms with Crippen molar-refractivity contribution in [2.75, 3.05) is 19.6 Å². The van der Waals surface area contributed by atoms with Crippen LogP contribution in [0.15, 0.2) is 12.4 Å². The first kappa shape index (κ1) is 13.6. The molecule has 18 heavy (non-hydrogen) atoms. The zero-order chi connectivity index (χ0) is 13.0. The van der Waals surface area contributed by atoms with Crippen LogP contribution in [0.4, 0.5) is 0 Å². The van der Waals surface area contributed by atoms with E-state index < -0.39 is 0 Å². The summed E-state index contributed by atoms with van der Waals surface area (Å²) in [5.41, 5.74) is 1.33. The number of aryl methyl sites for hydroxylation is 1. The van der Waals surface area contributed by atoms with Gasteiger partial charge in [-0.2, -0.15) is 5.10 Å². The van der Waals surface area contributed by atoms with Gasteiger partial charge in [-0.05, 0) is 45.3 Å². The molecule has 0 aliphatic carbocycles. The predicted octanol–water partition coefficient (Wildman–Crippen LogP) is 1.63. The summed E-state index contributed by atoms with van der Waals surface area (Å²) in [6, 6.07) is 0.663. The number of aromatic nitrogens is 2. The van der Waals surface area contributed by atoms with Crippen LogP contribution in [0, 0.1) is 5.92 Å². The van der Waals surface area contributed by atoms with Crippen LogP contribution in [-0.2, 0) is 13.6 Å². The number of hydrogen-bond donors (Lipinski definition) is 1. The summed E-state index contributed by atoms with van der Waals surface area (Å²) in [7, 11) is 1.98. The second-order valence-electron chi connectivity index (χ2n) is 5.48. The number of nitrogens with one attached hydrogen (secondary N) is 1. The maximum atomic E-state index is 4.23. The topological polar surface area (TPSA) is 33.1 Å². The molecule has 1 N–H and O–H groups in total. The minimum Gasteiger partial charge on any atom is -0.314 e. The smallest absolute Gasteiger partial charge is 0.0534 e. The van der Waals surface area contributed by atoms with Gasteiger partial charge in [-0.25, -0.2) is 0 Å². The summed E-state index contributed by atoms with van der Waals surface area (Å²) in [6.07, 6.45) is 6.73. The molecule has 2 heterocycles. The predicted molar refractivity (Wildman–Crippen MR) is 74.3 cm³/mol. The molecule has 0 radical (unpaired) electrons. The largest absolute Gasteiger partial charge is 0.314 e. The van der Waals surface area contributed by atoms with Crippen molar-refractivity contribution in [3.8, 4) is 0 Å². The third-order valence-corrected chi connectivity index (χ3v) is 4.03. The van der Waals surface area contributed by atoms with Crippen LogP contribution in [-0.4, -0.2) is 40.4 Å². The lowest BCUT2D eigenvalue weighted by Crippen LogP contribution is -2.41. The lowest BCUT2D eigenvalue weighted by molar-refractivity contribution is 0.157. The third kappa shape index (κ3) is 3.56. The summed E-state index contributed by atoms with van der Waals surface area (Å²) < 4.78 is 1.88. The fraction of sp³-hybridized carbons (Fsp3) is 0.786. The number of likely N-dealkylation sites (tertiary alicyclic amines) is 1. The standard InChI is InChI=1S/C14H26N4/c1-4-15-12(2)14-5-7-18(8-6-14)11-13-9-16-17(3)10-13/h9-10,12,14-15H,4-8,11H2,1-3H3. The minimum absolute atomic E-state index is 0.663. The Morgan fingerprint density at radius 3 is 2.72 bits per heavy atom. The van der Waals surface area contributed by atoms with E-state index in [0.717, 1.165) is 19.0 Å². The van der Waals surface area contributed by atoms with Crippen LogP contribution in [0.5, 0.6) is 0 Å². The van der Waals surface area contributed by atoms with E-state index in [2.05, 4.69) is 35.4 Å². The molecule has 0 aromatic carbocycles. The van der Waals surface area contributed by atoms with Gasteiger partial charge in [0.05, 0.1) is 6.20 Å². The van der Waals surface area contributed by atoms with Crippen molar-refractivity contribution in [1.29, 1.82) is 0 Å². The zero-order valence-electron chi connectivity index (χ0n) is 11.9. The molecule has 4 nitrogen and oxygen atoms in total. The molecule has 0 bridgehead atoms. The first-order chi connectivity index (χ1) is 8.69. The van der Waals surface area contributed by atoms with Gasteiger partial charge >= 0.3 is 0 Å². The fourth-order valence-corrected chi connectivity index (χ4v) is 2.91. The van der Waals surface area contributed by atoms with E-state index in [1.54, 1.807) is 0 Å². The van der Waals surface area contributed by atoms with Crippen LogP contribution < -0.4 is 5.32 Å². The molecule has 1 aliphatic rings. The van der Waals surface area contributed by atoms with Crippen LogP contribution in [0.25, 0.3) is 0 Å². The SMILES string of the molecule is CCNC(C)C1CCN(Cc2cnn(C)c2)CC1. The first-order valence-electron chi connectivity index (χ1n) is 7.12. The lowest BCUT2D eigenvalue weighted by atomic mass is 9.90. The number of rotatable bonds is 5. The van der Waals surface area contributed by atoms with Crippen molar-refractivity contribution in [3.05, 3.63) is 18.0 Å². The highest BCUT2D eigenvalue weighted by atomic mass is 15.2. The number of hydrogen-bond acceptors (Lipinski definition) is 3. The molecular formula is C14H26N4. The van der Waals surface area contributed by atoms with E-state index in [0.29, 0.717) is 6.04 Å². The Balaban J connectivity index is 1.76. The van der Waals surface area contributed by atoms with Gasteiger partial charge in [0, 0.05) is 31.4 Å². The van der Waals surface area contributed by atoms with E-state index in [1.165, 1.54) is 31.5 Å². The Morgan fingerprint density at radius 2 is 2.17 bits per heavy atom. The second kappa shape index (κ2) is 6.34. The monoisotopic (exact) mass is 250 g/mol. The maximum Gasteiger partial charge on any atom is 0.0534 e. The highest BCUT2D eigenvalue weighted by molar-refractivity contribution is 5.03. The van der Waals surface area contributed by atoms with E-state index >= 15 is 0 Å². The summed E-state index contributed by atoms with van der Waals surface area (Å²) in [4.78, 5) is 2.55. The minimum atomic E-state index is 0.663. The molecule has 2 rings (SSSR count). The molecule has 1 atom stereocenters.